The Morgan fingerprint density at radius 2 is 2.08 bits per heavy atom. The van der Waals surface area contributed by atoms with E-state index in [0.717, 1.165) is 34.6 Å². The Balaban J connectivity index is 1.60. The molecule has 1 aromatic heterocycles. The Morgan fingerprint density at radius 1 is 1.27 bits per heavy atom. The first-order valence-electron chi connectivity index (χ1n) is 8.50. The van der Waals surface area contributed by atoms with Crippen LogP contribution in [0.2, 0.25) is 0 Å². The van der Waals surface area contributed by atoms with E-state index in [-0.39, 0.29) is 6.54 Å². The summed E-state index contributed by atoms with van der Waals surface area (Å²) in [4.78, 5) is 24.9. The largest absolute Gasteiger partial charge is 0.497 e. The van der Waals surface area contributed by atoms with Gasteiger partial charge in [-0.1, -0.05) is 12.1 Å². The first kappa shape index (κ1) is 18.4. The molecular formula is C19H22N2O4S. The van der Waals surface area contributed by atoms with Crippen molar-refractivity contribution in [2.75, 3.05) is 13.7 Å². The van der Waals surface area contributed by atoms with Gasteiger partial charge in [0.2, 0.25) is 0 Å². The topological polar surface area (TPSA) is 87.7 Å². The summed E-state index contributed by atoms with van der Waals surface area (Å²) in [7, 11) is 1.60. The molecule has 0 aliphatic heterocycles. The van der Waals surface area contributed by atoms with Crippen molar-refractivity contribution in [3.8, 4) is 5.75 Å². The number of nitrogens with one attached hydrogen (secondary N) is 2. The van der Waals surface area contributed by atoms with Crippen molar-refractivity contribution in [2.24, 2.45) is 0 Å². The van der Waals surface area contributed by atoms with Gasteiger partial charge >= 0.3 is 11.8 Å². The van der Waals surface area contributed by atoms with Gasteiger partial charge in [0.05, 0.1) is 20.2 Å². The van der Waals surface area contributed by atoms with Crippen LogP contribution in [0.1, 0.15) is 28.8 Å². The molecule has 0 spiro atoms. The van der Waals surface area contributed by atoms with Gasteiger partial charge in [0.25, 0.3) is 0 Å². The molecule has 1 unspecified atom stereocenters. The van der Waals surface area contributed by atoms with Crippen molar-refractivity contribution in [3.05, 3.63) is 51.7 Å². The van der Waals surface area contributed by atoms with Crippen LogP contribution in [0.3, 0.4) is 0 Å². The third-order valence-electron chi connectivity index (χ3n) is 4.60. The number of ether oxygens (including phenoxy) is 1. The minimum absolute atomic E-state index is 0.00240. The van der Waals surface area contributed by atoms with Gasteiger partial charge in [0.15, 0.2) is 0 Å². The lowest BCUT2D eigenvalue weighted by Gasteiger charge is -2.34. The lowest BCUT2D eigenvalue weighted by Crippen LogP contribution is -2.47. The van der Waals surface area contributed by atoms with Crippen molar-refractivity contribution in [1.29, 1.82) is 0 Å². The van der Waals surface area contributed by atoms with Gasteiger partial charge < -0.3 is 20.5 Å². The number of carbonyl (C=O) groups excluding carboxylic acids is 2. The van der Waals surface area contributed by atoms with E-state index in [0.29, 0.717) is 13.0 Å². The van der Waals surface area contributed by atoms with Crippen LogP contribution in [0.5, 0.6) is 5.75 Å². The number of aryl methyl sites for hydroxylation is 1. The van der Waals surface area contributed by atoms with Crippen molar-refractivity contribution in [3.63, 3.8) is 0 Å². The first-order valence-corrected chi connectivity index (χ1v) is 9.38. The zero-order chi connectivity index (χ0) is 18.6. The molecule has 1 aliphatic carbocycles. The Kier molecular flexibility index (Phi) is 5.58. The molecule has 138 valence electrons. The summed E-state index contributed by atoms with van der Waals surface area (Å²) in [6.07, 6.45) is 2.19. The van der Waals surface area contributed by atoms with Crippen LogP contribution in [-0.2, 0) is 28.2 Å². The minimum atomic E-state index is -1.18. The monoisotopic (exact) mass is 374 g/mol. The maximum Gasteiger partial charge on any atom is 0.309 e. The molecule has 2 aromatic rings. The zero-order valence-electron chi connectivity index (χ0n) is 14.6. The van der Waals surface area contributed by atoms with Gasteiger partial charge in [-0.25, -0.2) is 0 Å². The predicted molar refractivity (Wildman–Crippen MR) is 99.0 cm³/mol. The smallest absolute Gasteiger partial charge is 0.309 e. The van der Waals surface area contributed by atoms with Gasteiger partial charge in [-0.3, -0.25) is 9.59 Å². The minimum Gasteiger partial charge on any atom is -0.497 e. The van der Waals surface area contributed by atoms with Crippen LogP contribution in [0.15, 0.2) is 35.7 Å². The fourth-order valence-electron chi connectivity index (χ4n) is 3.22. The number of thiophene rings is 1. The summed E-state index contributed by atoms with van der Waals surface area (Å²) in [6, 6.07) is 9.31. The maximum absolute atomic E-state index is 12.0. The summed E-state index contributed by atoms with van der Waals surface area (Å²) in [6.45, 7) is 0.314. The first-order chi connectivity index (χ1) is 12.5. The fraction of sp³-hybridized carbons (Fsp3) is 0.368. The number of benzene rings is 1. The third-order valence-corrected chi connectivity index (χ3v) is 5.48. The highest BCUT2D eigenvalue weighted by Gasteiger charge is 2.35. The normalized spacial score (nSPS) is 18.7. The maximum atomic E-state index is 12.0. The van der Waals surface area contributed by atoms with Gasteiger partial charge in [-0.15, -0.1) is 11.3 Å². The van der Waals surface area contributed by atoms with E-state index >= 15 is 0 Å². The zero-order valence-corrected chi connectivity index (χ0v) is 15.4. The molecule has 3 rings (SSSR count). The van der Waals surface area contributed by atoms with Crippen LogP contribution in [0.25, 0.3) is 0 Å². The van der Waals surface area contributed by atoms with Gasteiger partial charge in [-0.05, 0) is 54.0 Å². The molecule has 6 nitrogen and oxygen atoms in total. The molecule has 1 aromatic carbocycles. The molecule has 2 amide bonds. The second-order valence-electron chi connectivity index (χ2n) is 6.35. The van der Waals surface area contributed by atoms with E-state index < -0.39 is 17.4 Å². The number of hydrogen-bond acceptors (Lipinski definition) is 5. The van der Waals surface area contributed by atoms with Crippen LogP contribution >= 0.6 is 11.3 Å². The number of aliphatic hydroxyl groups is 1. The Bertz CT molecular complexity index is 791. The quantitative estimate of drug-likeness (QED) is 0.696. The molecular weight excluding hydrogens is 352 g/mol. The number of hydrogen-bond donors (Lipinski definition) is 3. The van der Waals surface area contributed by atoms with Crippen LogP contribution in [0, 0.1) is 0 Å². The predicted octanol–water partition coefficient (Wildman–Crippen LogP) is 1.71. The Morgan fingerprint density at radius 3 is 2.81 bits per heavy atom. The molecule has 1 atom stereocenters. The average Bonchev–Trinajstić information content (AvgIpc) is 3.17. The standard InChI is InChI=1S/C19H22N2O4S/c1-25-14-6-7-16-13(10-14)4-2-8-19(16,24)12-21-18(23)17(22)20-11-15-5-3-9-26-15/h3,5-7,9-10,24H,2,4,8,11-12H2,1H3,(H,20,22)(H,21,23). The van der Waals surface area contributed by atoms with Gasteiger partial charge in [0, 0.05) is 4.88 Å². The number of carbonyl (C=O) groups is 2. The molecule has 7 heteroatoms. The summed E-state index contributed by atoms with van der Waals surface area (Å²) < 4.78 is 5.23. The van der Waals surface area contributed by atoms with Crippen LogP contribution in [0.4, 0.5) is 0 Å². The summed E-state index contributed by atoms with van der Waals surface area (Å²) >= 11 is 1.51. The van der Waals surface area contributed by atoms with E-state index in [1.54, 1.807) is 13.2 Å². The average molecular weight is 374 g/mol. The van der Waals surface area contributed by atoms with Crippen molar-refractivity contribution in [1.82, 2.24) is 10.6 Å². The molecule has 1 heterocycles. The van der Waals surface area contributed by atoms with E-state index in [1.807, 2.05) is 29.6 Å². The van der Waals surface area contributed by atoms with Crippen molar-refractivity contribution < 1.29 is 19.4 Å². The fourth-order valence-corrected chi connectivity index (χ4v) is 3.86. The van der Waals surface area contributed by atoms with E-state index in [1.165, 1.54) is 11.3 Å². The van der Waals surface area contributed by atoms with Crippen molar-refractivity contribution in [2.45, 2.75) is 31.4 Å². The molecule has 0 fully saturated rings. The summed E-state index contributed by atoms with van der Waals surface area (Å²) in [5, 5.41) is 18.1. The molecule has 0 saturated heterocycles. The van der Waals surface area contributed by atoms with Crippen molar-refractivity contribution >= 4 is 23.2 Å². The SMILES string of the molecule is COc1ccc2c(c1)CCCC2(O)CNC(=O)C(=O)NCc1cccs1. The number of amides is 2. The molecule has 1 aliphatic rings. The number of fused-ring (bicyclic) bond motifs is 1. The highest BCUT2D eigenvalue weighted by Crippen LogP contribution is 2.36. The number of rotatable bonds is 5. The Hall–Kier alpha value is -2.38. The lowest BCUT2D eigenvalue weighted by atomic mass is 9.79. The van der Waals surface area contributed by atoms with Gasteiger partial charge in [0.1, 0.15) is 11.4 Å². The molecule has 0 saturated carbocycles. The highest BCUT2D eigenvalue weighted by atomic mass is 32.1. The molecule has 0 radical (unpaired) electrons. The second kappa shape index (κ2) is 7.88. The number of methoxy groups -OCH3 is 1. The molecule has 3 N–H and O–H groups in total. The lowest BCUT2D eigenvalue weighted by molar-refractivity contribution is -0.140. The summed E-state index contributed by atoms with van der Waals surface area (Å²) in [5.41, 5.74) is 0.613. The third kappa shape index (κ3) is 4.05. The van der Waals surface area contributed by atoms with E-state index in [2.05, 4.69) is 10.6 Å². The Labute approximate surface area is 156 Å². The molecule has 26 heavy (non-hydrogen) atoms. The molecule has 0 bridgehead atoms. The van der Waals surface area contributed by atoms with E-state index in [4.69, 9.17) is 4.74 Å². The van der Waals surface area contributed by atoms with Crippen LogP contribution < -0.4 is 15.4 Å². The summed E-state index contributed by atoms with van der Waals surface area (Å²) in [5.74, 6) is -0.701. The van der Waals surface area contributed by atoms with Gasteiger partial charge in [-0.2, -0.15) is 0 Å². The highest BCUT2D eigenvalue weighted by molar-refractivity contribution is 7.09. The second-order valence-corrected chi connectivity index (χ2v) is 7.39. The van der Waals surface area contributed by atoms with E-state index in [9.17, 15) is 14.7 Å². The van der Waals surface area contributed by atoms with Crippen LogP contribution in [-0.4, -0.2) is 30.6 Å².